The van der Waals surface area contributed by atoms with E-state index in [-0.39, 0.29) is 18.4 Å². The van der Waals surface area contributed by atoms with Gasteiger partial charge in [0.2, 0.25) is 11.8 Å². The lowest BCUT2D eigenvalue weighted by molar-refractivity contribution is -0.131. The van der Waals surface area contributed by atoms with Crippen molar-refractivity contribution in [3.63, 3.8) is 0 Å². The van der Waals surface area contributed by atoms with E-state index in [4.69, 9.17) is 17.3 Å². The molecule has 0 saturated carbocycles. The summed E-state index contributed by atoms with van der Waals surface area (Å²) in [5.74, 6) is -0.346. The number of carbonyl (C=O) groups is 2. The van der Waals surface area contributed by atoms with Gasteiger partial charge in [-0.15, -0.1) is 0 Å². The van der Waals surface area contributed by atoms with Crippen molar-refractivity contribution in [2.45, 2.75) is 19.9 Å². The third-order valence-corrected chi connectivity index (χ3v) is 3.79. The fourth-order valence-corrected chi connectivity index (χ4v) is 2.60. The second-order valence-corrected chi connectivity index (χ2v) is 5.11. The third-order valence-electron chi connectivity index (χ3n) is 3.56. The van der Waals surface area contributed by atoms with Crippen LogP contribution in [0.3, 0.4) is 0 Å². The summed E-state index contributed by atoms with van der Waals surface area (Å²) in [4.78, 5) is 27.5. The normalized spacial score (nSPS) is 17.3. The molecule has 2 amide bonds. The van der Waals surface area contributed by atoms with Gasteiger partial charge < -0.3 is 15.5 Å². The van der Waals surface area contributed by atoms with Crippen LogP contribution in [0.15, 0.2) is 18.2 Å². The molecule has 0 radical (unpaired) electrons. The molecule has 20 heavy (non-hydrogen) atoms. The van der Waals surface area contributed by atoms with Gasteiger partial charge >= 0.3 is 0 Å². The van der Waals surface area contributed by atoms with Crippen LogP contribution in [0.2, 0.25) is 5.02 Å². The Balaban J connectivity index is 2.26. The summed E-state index contributed by atoms with van der Waals surface area (Å²) >= 11 is 5.92. The number of nitrogens with two attached hydrogens (primary N) is 1. The average molecular weight is 296 g/mol. The lowest BCUT2D eigenvalue weighted by Gasteiger charge is -2.23. The zero-order valence-corrected chi connectivity index (χ0v) is 12.4. The van der Waals surface area contributed by atoms with Gasteiger partial charge in [-0.05, 0) is 32.0 Å². The van der Waals surface area contributed by atoms with E-state index in [0.717, 1.165) is 0 Å². The SMILES string of the molecule is CCN(CC)C(=O)CN1C(=O)C(N)c2cc(Cl)ccc21. The van der Waals surface area contributed by atoms with Crippen molar-refractivity contribution in [1.82, 2.24) is 4.90 Å². The fourth-order valence-electron chi connectivity index (χ4n) is 2.41. The Hall–Kier alpha value is -1.59. The second kappa shape index (κ2) is 5.81. The highest BCUT2D eigenvalue weighted by Crippen LogP contribution is 2.36. The number of nitrogens with zero attached hydrogens (tertiary/aromatic N) is 2. The van der Waals surface area contributed by atoms with Gasteiger partial charge in [0, 0.05) is 29.4 Å². The van der Waals surface area contributed by atoms with Gasteiger partial charge in [-0.25, -0.2) is 0 Å². The summed E-state index contributed by atoms with van der Waals surface area (Å²) < 4.78 is 0. The predicted molar refractivity (Wildman–Crippen MR) is 78.7 cm³/mol. The number of anilines is 1. The summed E-state index contributed by atoms with van der Waals surface area (Å²) in [6, 6.07) is 4.37. The van der Waals surface area contributed by atoms with Gasteiger partial charge in [-0.2, -0.15) is 0 Å². The van der Waals surface area contributed by atoms with Crippen LogP contribution in [0, 0.1) is 0 Å². The average Bonchev–Trinajstić information content (AvgIpc) is 2.65. The summed E-state index contributed by atoms with van der Waals surface area (Å²) in [7, 11) is 0. The van der Waals surface area contributed by atoms with Gasteiger partial charge in [0.25, 0.3) is 0 Å². The van der Waals surface area contributed by atoms with Crippen LogP contribution in [0.1, 0.15) is 25.5 Å². The third kappa shape index (κ3) is 2.51. The Bertz CT molecular complexity index is 543. The van der Waals surface area contributed by atoms with Crippen molar-refractivity contribution in [2.24, 2.45) is 5.73 Å². The number of amides is 2. The van der Waals surface area contributed by atoms with E-state index in [0.29, 0.717) is 29.4 Å². The first kappa shape index (κ1) is 14.8. The smallest absolute Gasteiger partial charge is 0.249 e. The molecule has 2 rings (SSSR count). The van der Waals surface area contributed by atoms with Crippen LogP contribution >= 0.6 is 11.6 Å². The van der Waals surface area contributed by atoms with Crippen LogP contribution in [0.5, 0.6) is 0 Å². The maximum absolute atomic E-state index is 12.2. The minimum absolute atomic E-state index is 0.0167. The van der Waals surface area contributed by atoms with E-state index >= 15 is 0 Å². The molecule has 6 heteroatoms. The standard InChI is InChI=1S/C14H18ClN3O2/c1-3-17(4-2)12(19)8-18-11-6-5-9(15)7-10(11)13(16)14(18)20/h5-7,13H,3-4,8,16H2,1-2H3. The highest BCUT2D eigenvalue weighted by atomic mass is 35.5. The summed E-state index contributed by atoms with van der Waals surface area (Å²) in [5, 5.41) is 0.531. The van der Waals surface area contributed by atoms with Crippen molar-refractivity contribution < 1.29 is 9.59 Å². The van der Waals surface area contributed by atoms with E-state index in [1.807, 2.05) is 13.8 Å². The number of rotatable bonds is 4. The number of halogens is 1. The molecule has 0 spiro atoms. The number of carbonyl (C=O) groups excluding carboxylic acids is 2. The quantitative estimate of drug-likeness (QED) is 0.916. The molecule has 0 aliphatic carbocycles. The maximum Gasteiger partial charge on any atom is 0.249 e. The van der Waals surface area contributed by atoms with E-state index in [9.17, 15) is 9.59 Å². The molecule has 0 bridgehead atoms. The summed E-state index contributed by atoms with van der Waals surface area (Å²) in [6.45, 7) is 5.08. The van der Waals surface area contributed by atoms with Gasteiger partial charge in [0.15, 0.2) is 0 Å². The molecule has 0 saturated heterocycles. The number of likely N-dealkylation sites (N-methyl/N-ethyl adjacent to an activating group) is 1. The van der Waals surface area contributed by atoms with E-state index in [2.05, 4.69) is 0 Å². The van der Waals surface area contributed by atoms with E-state index in [1.54, 1.807) is 23.1 Å². The van der Waals surface area contributed by atoms with Crippen LogP contribution in [-0.2, 0) is 9.59 Å². The first-order valence-electron chi connectivity index (χ1n) is 6.63. The van der Waals surface area contributed by atoms with Crippen LogP contribution in [-0.4, -0.2) is 36.3 Å². The first-order chi connectivity index (χ1) is 9.49. The monoisotopic (exact) mass is 295 g/mol. The Morgan fingerprint density at radius 3 is 2.65 bits per heavy atom. The van der Waals surface area contributed by atoms with Crippen LogP contribution < -0.4 is 10.6 Å². The fraction of sp³-hybridized carbons (Fsp3) is 0.429. The lowest BCUT2D eigenvalue weighted by atomic mass is 10.1. The molecular weight excluding hydrogens is 278 g/mol. The molecule has 0 aromatic heterocycles. The number of fused-ring (bicyclic) bond motifs is 1. The van der Waals surface area contributed by atoms with E-state index in [1.165, 1.54) is 4.90 Å². The Labute approximate surface area is 123 Å². The maximum atomic E-state index is 12.2. The predicted octanol–water partition coefficient (Wildman–Crippen LogP) is 1.55. The Morgan fingerprint density at radius 2 is 2.05 bits per heavy atom. The van der Waals surface area contributed by atoms with Crippen molar-refractivity contribution >= 4 is 29.1 Å². The van der Waals surface area contributed by atoms with Gasteiger partial charge in [-0.3, -0.25) is 9.59 Å². The molecule has 1 aromatic carbocycles. The highest BCUT2D eigenvalue weighted by Gasteiger charge is 2.36. The zero-order chi connectivity index (χ0) is 14.9. The summed E-state index contributed by atoms with van der Waals surface area (Å²) in [6.07, 6.45) is 0. The molecule has 1 aromatic rings. The Kier molecular flexibility index (Phi) is 4.30. The highest BCUT2D eigenvalue weighted by molar-refractivity contribution is 6.31. The molecule has 0 fully saturated rings. The summed E-state index contributed by atoms with van der Waals surface area (Å²) in [5.41, 5.74) is 7.24. The number of hydrogen-bond donors (Lipinski definition) is 1. The van der Waals surface area contributed by atoms with Crippen LogP contribution in [0.25, 0.3) is 0 Å². The molecular formula is C14H18ClN3O2. The van der Waals surface area contributed by atoms with Gasteiger partial charge in [0.05, 0.1) is 0 Å². The minimum Gasteiger partial charge on any atom is -0.342 e. The molecule has 108 valence electrons. The van der Waals surface area contributed by atoms with Gasteiger partial charge in [-0.1, -0.05) is 11.6 Å². The molecule has 5 nitrogen and oxygen atoms in total. The topological polar surface area (TPSA) is 66.6 Å². The molecule has 1 unspecified atom stereocenters. The number of benzene rings is 1. The van der Waals surface area contributed by atoms with E-state index < -0.39 is 6.04 Å². The largest absolute Gasteiger partial charge is 0.342 e. The van der Waals surface area contributed by atoms with Crippen LogP contribution in [0.4, 0.5) is 5.69 Å². The molecule has 1 aliphatic rings. The molecule has 2 N–H and O–H groups in total. The second-order valence-electron chi connectivity index (χ2n) is 4.67. The van der Waals surface area contributed by atoms with Crippen molar-refractivity contribution in [3.05, 3.63) is 28.8 Å². The molecule has 1 aliphatic heterocycles. The minimum atomic E-state index is -0.742. The molecule has 1 atom stereocenters. The van der Waals surface area contributed by atoms with Gasteiger partial charge in [0.1, 0.15) is 12.6 Å². The first-order valence-corrected chi connectivity index (χ1v) is 7.01. The Morgan fingerprint density at radius 1 is 1.40 bits per heavy atom. The number of hydrogen-bond acceptors (Lipinski definition) is 3. The van der Waals surface area contributed by atoms with Crippen molar-refractivity contribution in [2.75, 3.05) is 24.5 Å². The lowest BCUT2D eigenvalue weighted by Crippen LogP contribution is -2.42. The van der Waals surface area contributed by atoms with Crippen molar-refractivity contribution in [1.29, 1.82) is 0 Å². The zero-order valence-electron chi connectivity index (χ0n) is 11.6. The molecule has 1 heterocycles. The van der Waals surface area contributed by atoms with Crippen molar-refractivity contribution in [3.8, 4) is 0 Å².